The first-order valence-corrected chi connectivity index (χ1v) is 48.3. The SMILES string of the molecule is CC.CC.CC.CC.CC.CC.CC(C)C.CC(C)C.CC(C)C.CC(C)C.CC(C)C.CC(C)C.CC(C)C.CC(C)C.CC(C)C.CC(C)C.CC(C)C1=C/C=C\C=C/C=C1.CC(C)c1ccccc1.c1ccc2c(c1)Cc1ccccc1-2.c1ccc2c(c1)ccc1ccccc12.c1ccc2cc3ccccc3cc2c1.c1ccc2ccccc2c1. The summed E-state index contributed by atoms with van der Waals surface area (Å²) < 4.78 is 0. The van der Waals surface area contributed by atoms with Gasteiger partial charge in [0.1, 0.15) is 0 Å². The van der Waals surface area contributed by atoms with Gasteiger partial charge in [-0.25, -0.2) is 0 Å². The van der Waals surface area contributed by atoms with Crippen molar-refractivity contribution >= 4 is 53.9 Å². The number of allylic oxidation sites excluding steroid dienone is 8. The molecule has 0 aliphatic heterocycles. The smallest absolute Gasteiger partial charge is 0.00135 e. The van der Waals surface area contributed by atoms with E-state index in [0.717, 1.165) is 65.6 Å². The second-order valence-corrected chi connectivity index (χ2v) is 35.7. The van der Waals surface area contributed by atoms with Crippen LogP contribution in [0.2, 0.25) is 0 Å². The number of hydrogen-bond donors (Lipinski definition) is 0. The molecule has 11 aromatic carbocycles. The Morgan fingerprint density at radius 3 is 0.626 bits per heavy atom. The van der Waals surface area contributed by atoms with E-state index in [0.29, 0.717) is 11.8 Å². The third-order valence-corrected chi connectivity index (χ3v) is 12.8. The Labute approximate surface area is 769 Å². The van der Waals surface area contributed by atoms with Crippen LogP contribution in [-0.4, -0.2) is 0 Å². The van der Waals surface area contributed by atoms with E-state index in [1.165, 1.54) is 87.3 Å². The first kappa shape index (κ1) is 133. The van der Waals surface area contributed by atoms with Crippen LogP contribution in [0, 0.1) is 65.1 Å². The van der Waals surface area contributed by atoms with Crippen LogP contribution in [0.1, 0.15) is 341 Å². The minimum absolute atomic E-state index is 0.613. The van der Waals surface area contributed by atoms with Crippen LogP contribution < -0.4 is 0 Å². The molecule has 0 heterocycles. The summed E-state index contributed by atoms with van der Waals surface area (Å²) in [7, 11) is 0. The fraction of sp³-hybridized carbons (Fsp3) is 0.480. The Balaban J connectivity index is -0.000000164. The summed E-state index contributed by atoms with van der Waals surface area (Å²) in [5.41, 5.74) is 8.55. The maximum absolute atomic E-state index is 2.24. The molecule has 0 nitrogen and oxygen atoms in total. The average Bonchev–Trinajstić information content (AvgIpc) is 1.76. The molecule has 0 bridgehead atoms. The molecule has 11 aromatic rings. The van der Waals surface area contributed by atoms with Crippen LogP contribution in [0.4, 0.5) is 0 Å². The lowest BCUT2D eigenvalue weighted by Gasteiger charge is -2.04. The van der Waals surface area contributed by atoms with Gasteiger partial charge in [0.2, 0.25) is 0 Å². The molecule has 0 atom stereocenters. The lowest BCUT2D eigenvalue weighted by molar-refractivity contribution is 0.736. The highest BCUT2D eigenvalue weighted by Crippen LogP contribution is 2.36. The molecule has 0 aromatic heterocycles. The third-order valence-electron chi connectivity index (χ3n) is 12.8. The van der Waals surface area contributed by atoms with Gasteiger partial charge in [0.15, 0.2) is 0 Å². The minimum atomic E-state index is 0.613. The molecule has 0 radical (unpaired) electrons. The summed E-state index contributed by atoms with van der Waals surface area (Å²) >= 11 is 0. The van der Waals surface area contributed by atoms with Crippen molar-refractivity contribution in [1.82, 2.24) is 0 Å². The van der Waals surface area contributed by atoms with Crippen LogP contribution in [0.3, 0.4) is 0 Å². The van der Waals surface area contributed by atoms with E-state index in [1.807, 2.05) is 107 Å². The van der Waals surface area contributed by atoms with Crippen molar-refractivity contribution < 1.29 is 0 Å². The van der Waals surface area contributed by atoms with E-state index in [-0.39, 0.29) is 0 Å². The molecule has 0 saturated carbocycles. The fourth-order valence-electron chi connectivity index (χ4n) is 8.85. The van der Waals surface area contributed by atoms with Gasteiger partial charge in [0.25, 0.3) is 0 Å². The van der Waals surface area contributed by atoms with Gasteiger partial charge >= 0.3 is 0 Å². The predicted octanol–water partition coefficient (Wildman–Crippen LogP) is 42.9. The van der Waals surface area contributed by atoms with Gasteiger partial charge in [-0.2, -0.15) is 0 Å². The van der Waals surface area contributed by atoms with E-state index in [2.05, 4.69) is 502 Å². The van der Waals surface area contributed by atoms with Gasteiger partial charge in [0.05, 0.1) is 0 Å². The molecule has 0 heteroatoms. The van der Waals surface area contributed by atoms with Crippen LogP contribution in [0.25, 0.3) is 65.0 Å². The molecule has 0 spiro atoms. The summed E-state index contributed by atoms with van der Waals surface area (Å²) in [6.45, 7) is 97.8. The quantitative estimate of drug-likeness (QED) is 0.120. The second kappa shape index (κ2) is 92.9. The second-order valence-electron chi connectivity index (χ2n) is 35.7. The predicted molar refractivity (Wildman–Crippen MR) is 586 cm³/mol. The Morgan fingerprint density at radius 1 is 0.179 bits per heavy atom. The first-order valence-electron chi connectivity index (χ1n) is 48.3. The number of benzene rings is 11. The Morgan fingerprint density at radius 2 is 0.382 bits per heavy atom. The molecule has 0 saturated heterocycles. The van der Waals surface area contributed by atoms with E-state index in [1.54, 1.807) is 0 Å². The number of rotatable bonds is 2. The standard InChI is InChI=1S/2C14H10.C13H10.C11H14.C10H8.C9H12.10C4H10.6C2H6/c1-3-7-13-11(5-1)9-10-12-6-2-4-8-14(12)13;1-2-6-12-10-14-8-4-3-7-13(14)9-11(12)5-1;1-3-7-12-10(5-1)9-11-6-2-4-8-13(11)12;1-10(2)11-8-6-4-3-5-7-9-11;1-2-6-10-8-4-3-7-9(10)5-1;1-8(2)9-6-4-3-5-7-9;10*1-4(2)3;6*1-2/h2*1-10H;1-8H,9H2;3-10H,1-2H3;1-8H;3-8H,1-2H3;10*4H,1-3H3;6*1-2H3/b;;;4-3-,5-3?,6-4?,7-5-,8-6?,9-7?,11-8?,11-9?;;;;;;;;;;;;;;;;;;. The van der Waals surface area contributed by atoms with Gasteiger partial charge in [-0.1, -0.05) is 598 Å². The first-order chi connectivity index (χ1) is 58.2. The van der Waals surface area contributed by atoms with Gasteiger partial charge < -0.3 is 0 Å². The van der Waals surface area contributed by atoms with Crippen molar-refractivity contribution in [3.8, 4) is 11.1 Å². The summed E-state index contributed by atoms with van der Waals surface area (Å²) in [4.78, 5) is 0. The lowest BCUT2D eigenvalue weighted by atomic mass is 10.0. The maximum atomic E-state index is 2.24. The molecule has 0 amide bonds. The Hall–Kier alpha value is -8.32. The van der Waals surface area contributed by atoms with Crippen molar-refractivity contribution in [2.75, 3.05) is 0 Å². The van der Waals surface area contributed by atoms with Crippen molar-refractivity contribution in [3.63, 3.8) is 0 Å². The van der Waals surface area contributed by atoms with Crippen LogP contribution in [-0.2, 0) is 6.42 Å². The lowest BCUT2D eigenvalue weighted by Crippen LogP contribution is -1.89. The largest absolute Gasteiger partial charge is 0.0683 e. The van der Waals surface area contributed by atoms with Crippen LogP contribution in [0.5, 0.6) is 0 Å². The van der Waals surface area contributed by atoms with Gasteiger partial charge in [-0.05, 0) is 177 Å². The van der Waals surface area contributed by atoms with Crippen molar-refractivity contribution in [2.24, 2.45) is 65.1 Å². The zero-order valence-corrected chi connectivity index (χ0v) is 89.3. The van der Waals surface area contributed by atoms with E-state index >= 15 is 0 Å². The molecule has 692 valence electrons. The number of hydrogen-bond acceptors (Lipinski definition) is 0. The molecule has 0 fully saturated rings. The zero-order chi connectivity index (χ0) is 96.8. The van der Waals surface area contributed by atoms with Gasteiger partial charge in [-0.3, -0.25) is 0 Å². The van der Waals surface area contributed by atoms with E-state index in [9.17, 15) is 0 Å². The zero-order valence-electron chi connectivity index (χ0n) is 89.3. The summed E-state index contributed by atoms with van der Waals surface area (Å²) in [6, 6.07) is 87.3. The van der Waals surface area contributed by atoms with Crippen molar-refractivity contribution in [2.45, 2.75) is 331 Å². The van der Waals surface area contributed by atoms with Crippen molar-refractivity contribution in [1.29, 1.82) is 0 Å². The molecule has 2 aliphatic carbocycles. The summed E-state index contributed by atoms with van der Waals surface area (Å²) in [6.07, 6.45) is 15.7. The minimum Gasteiger partial charge on any atom is -0.0683 e. The number of fused-ring (bicyclic) bond motifs is 9. The molecule has 2 aliphatic rings. The molecule has 0 N–H and O–H groups in total. The third kappa shape index (κ3) is 88.4. The normalized spacial score (nSPS) is 10.5. The van der Waals surface area contributed by atoms with E-state index in [4.69, 9.17) is 0 Å². The molecule has 0 unspecified atom stereocenters. The topological polar surface area (TPSA) is 0 Å². The molecule has 123 heavy (non-hydrogen) atoms. The van der Waals surface area contributed by atoms with Gasteiger partial charge in [-0.15, -0.1) is 0 Å². The average molecular weight is 1680 g/mol. The molecule has 13 rings (SSSR count). The summed E-state index contributed by atoms with van der Waals surface area (Å²) in [5.74, 6) is 9.61. The van der Waals surface area contributed by atoms with Crippen molar-refractivity contribution in [3.05, 3.63) is 314 Å². The monoisotopic (exact) mass is 1680 g/mol. The fourth-order valence-corrected chi connectivity index (χ4v) is 8.85. The maximum Gasteiger partial charge on any atom is -0.00135 e. The van der Waals surface area contributed by atoms with Crippen LogP contribution >= 0.6 is 0 Å². The Bertz CT molecular complexity index is 3700. The highest BCUT2D eigenvalue weighted by atomic mass is 14.2. The summed E-state index contributed by atoms with van der Waals surface area (Å²) in [5, 5.41) is 13.2. The van der Waals surface area contributed by atoms with Gasteiger partial charge in [0, 0.05) is 0 Å². The van der Waals surface area contributed by atoms with E-state index < -0.39 is 0 Å². The highest BCUT2D eigenvalue weighted by molar-refractivity contribution is 6.07. The highest BCUT2D eigenvalue weighted by Gasteiger charge is 2.16. The molecular weight excluding hydrogens is 1480 g/mol. The Kier molecular flexibility index (Phi) is 100. The van der Waals surface area contributed by atoms with Crippen LogP contribution in [0.15, 0.2) is 297 Å². The molecular formula is C123H200.